The van der Waals surface area contributed by atoms with Crippen molar-refractivity contribution in [2.45, 2.75) is 25.0 Å². The number of aromatic nitrogens is 2. The second-order valence-electron chi connectivity index (χ2n) is 2.06. The fourth-order valence-corrected chi connectivity index (χ4v) is 0.580. The van der Waals surface area contributed by atoms with Crippen LogP contribution >= 0.6 is 12.6 Å². The van der Waals surface area contributed by atoms with E-state index in [1.807, 2.05) is 13.8 Å². The molecule has 0 aliphatic rings. The molecule has 0 bridgehead atoms. The molecule has 0 N–H and O–H groups in total. The lowest BCUT2D eigenvalue weighted by Crippen LogP contribution is -1.85. The third-order valence-electron chi connectivity index (χ3n) is 0.916. The first-order valence-corrected chi connectivity index (χ1v) is 3.11. The normalized spacial score (nSPS) is 10.6. The van der Waals surface area contributed by atoms with Gasteiger partial charge in [-0.1, -0.05) is 18.9 Å². The van der Waals surface area contributed by atoms with Gasteiger partial charge in [-0.25, -0.2) is 0 Å². The average molecular weight is 143 g/mol. The van der Waals surface area contributed by atoms with Crippen molar-refractivity contribution in [2.24, 2.45) is 0 Å². The van der Waals surface area contributed by atoms with Crippen molar-refractivity contribution < 1.29 is 4.42 Å². The molecule has 0 aliphatic heterocycles. The largest absolute Gasteiger partial charge is 0.412 e. The van der Waals surface area contributed by atoms with Gasteiger partial charge in [0.05, 0.1) is 0 Å². The zero-order chi connectivity index (χ0) is 6.85. The number of rotatable bonds is 1. The Morgan fingerprint density at radius 2 is 2.11 bits per heavy atom. The van der Waals surface area contributed by atoms with Gasteiger partial charge in [-0.3, -0.25) is 0 Å². The maximum Gasteiger partial charge on any atom is 0.309 e. The average Bonchev–Trinajstić information content (AvgIpc) is 2.14. The number of hydrogen-bond acceptors (Lipinski definition) is 3. The topological polar surface area (TPSA) is 38.9 Å². The molecule has 0 saturated carbocycles. The van der Waals surface area contributed by atoms with Crippen LogP contribution in [0.1, 0.15) is 25.7 Å². The van der Waals surface area contributed by atoms with Crippen LogP contribution in [0.3, 0.4) is 0 Å². The lowest BCUT2D eigenvalue weighted by molar-refractivity contribution is 0.400. The molecule has 1 aromatic heterocycles. The van der Waals surface area contributed by atoms with E-state index in [4.69, 9.17) is 4.42 Å². The van der Waals surface area contributed by atoms with Crippen LogP contribution in [-0.4, -0.2) is 10.2 Å². The Morgan fingerprint density at radius 3 is 2.33 bits per heavy atom. The summed E-state index contributed by atoms with van der Waals surface area (Å²) in [6, 6.07) is 0. The van der Waals surface area contributed by atoms with Crippen molar-refractivity contribution in [3.63, 3.8) is 0 Å². The monoisotopic (exact) mass is 143 g/mol. The van der Waals surface area contributed by atoms with Crippen molar-refractivity contribution in [3.8, 4) is 0 Å². The molecule has 0 amide bonds. The first-order chi connectivity index (χ1) is 4.20. The first-order valence-electron chi connectivity index (χ1n) is 2.70. The summed E-state index contributed by atoms with van der Waals surface area (Å²) in [6.07, 6.45) is 0. The predicted octanol–water partition coefficient (Wildman–Crippen LogP) is 1.75. The summed E-state index contributed by atoms with van der Waals surface area (Å²) in [5, 5.41) is 7.45. The molecule has 1 radical (unpaired) electrons. The van der Waals surface area contributed by atoms with Crippen molar-refractivity contribution in [1.82, 2.24) is 10.2 Å². The van der Waals surface area contributed by atoms with Crippen molar-refractivity contribution in [1.29, 1.82) is 0 Å². The number of nitrogens with zero attached hydrogens (tertiary/aromatic N) is 2. The number of hydrogen-bond donors (Lipinski definition) is 0. The third-order valence-corrected chi connectivity index (χ3v) is 1.08. The van der Waals surface area contributed by atoms with Gasteiger partial charge < -0.3 is 4.42 Å². The molecule has 4 heteroatoms. The minimum Gasteiger partial charge on any atom is -0.412 e. The van der Waals surface area contributed by atoms with E-state index in [9.17, 15) is 0 Å². The summed E-state index contributed by atoms with van der Waals surface area (Å²) < 4.78 is 4.94. The molecule has 3 nitrogen and oxygen atoms in total. The van der Waals surface area contributed by atoms with Crippen LogP contribution < -0.4 is 0 Å². The van der Waals surface area contributed by atoms with Gasteiger partial charge in [0.1, 0.15) is 0 Å². The van der Waals surface area contributed by atoms with Crippen LogP contribution in [0, 0.1) is 0 Å². The second-order valence-corrected chi connectivity index (χ2v) is 2.41. The molecule has 0 atom stereocenters. The van der Waals surface area contributed by atoms with Gasteiger partial charge in [-0.05, 0) is 12.6 Å². The molecule has 1 heterocycles. The highest BCUT2D eigenvalue weighted by Crippen LogP contribution is 2.12. The maximum atomic E-state index is 4.94. The molecule has 0 aliphatic carbocycles. The summed E-state index contributed by atoms with van der Waals surface area (Å²) in [6.45, 7) is 3.95. The van der Waals surface area contributed by atoms with E-state index < -0.39 is 0 Å². The van der Waals surface area contributed by atoms with E-state index in [0.29, 0.717) is 5.89 Å². The van der Waals surface area contributed by atoms with Gasteiger partial charge in [0.2, 0.25) is 5.89 Å². The maximum absolute atomic E-state index is 4.94. The third kappa shape index (κ3) is 1.38. The smallest absolute Gasteiger partial charge is 0.309 e. The standard InChI is InChI=1S/C5H7N2OS/c1-3(2)4-6-7-5(9)8-4/h3H,1-2H3. The zero-order valence-corrected chi connectivity index (χ0v) is 6.10. The Bertz CT molecular complexity index is 197. The molecule has 0 aromatic carbocycles. The molecule has 0 spiro atoms. The van der Waals surface area contributed by atoms with Crippen molar-refractivity contribution in [2.75, 3.05) is 0 Å². The molecule has 1 rings (SSSR count). The first kappa shape index (κ1) is 6.48. The van der Waals surface area contributed by atoms with Crippen LogP contribution in [-0.2, 0) is 0 Å². The predicted molar refractivity (Wildman–Crippen MR) is 34.2 cm³/mol. The SMILES string of the molecule is CC(C)c1nnc([S])o1. The van der Waals surface area contributed by atoms with E-state index >= 15 is 0 Å². The summed E-state index contributed by atoms with van der Waals surface area (Å²) in [5.74, 6) is 0.884. The van der Waals surface area contributed by atoms with Crippen LogP contribution in [0.2, 0.25) is 0 Å². The molecular formula is C5H7N2OS. The van der Waals surface area contributed by atoms with Crippen LogP contribution in [0.15, 0.2) is 9.64 Å². The summed E-state index contributed by atoms with van der Waals surface area (Å²) >= 11 is 4.61. The van der Waals surface area contributed by atoms with Crippen molar-refractivity contribution >= 4 is 12.6 Å². The fraction of sp³-hybridized carbons (Fsp3) is 0.600. The van der Waals surface area contributed by atoms with Gasteiger partial charge >= 0.3 is 5.22 Å². The van der Waals surface area contributed by atoms with Crippen molar-refractivity contribution in [3.05, 3.63) is 5.89 Å². The van der Waals surface area contributed by atoms with Gasteiger partial charge in [-0.15, -0.1) is 5.10 Å². The minimum absolute atomic E-state index is 0.221. The van der Waals surface area contributed by atoms with E-state index in [1.54, 1.807) is 0 Å². The Labute approximate surface area is 58.9 Å². The van der Waals surface area contributed by atoms with Gasteiger partial charge in [0.25, 0.3) is 0 Å². The van der Waals surface area contributed by atoms with E-state index in [2.05, 4.69) is 22.8 Å². The van der Waals surface area contributed by atoms with Crippen LogP contribution in [0.4, 0.5) is 0 Å². The molecule has 49 valence electrons. The summed E-state index contributed by atoms with van der Waals surface area (Å²) in [5.41, 5.74) is 0. The van der Waals surface area contributed by atoms with Crippen LogP contribution in [0.25, 0.3) is 0 Å². The van der Waals surface area contributed by atoms with E-state index in [0.717, 1.165) is 0 Å². The Kier molecular flexibility index (Phi) is 1.66. The molecule has 1 aromatic rings. The Balaban J connectivity index is 2.85. The summed E-state index contributed by atoms with van der Waals surface area (Å²) in [4.78, 5) is 0. The zero-order valence-electron chi connectivity index (χ0n) is 5.29. The van der Waals surface area contributed by atoms with Crippen LogP contribution in [0.5, 0.6) is 0 Å². The lowest BCUT2D eigenvalue weighted by Gasteiger charge is -1.91. The molecule has 9 heavy (non-hydrogen) atoms. The fourth-order valence-electron chi connectivity index (χ4n) is 0.454. The Morgan fingerprint density at radius 1 is 1.44 bits per heavy atom. The molecule has 0 saturated heterocycles. The molecular weight excluding hydrogens is 136 g/mol. The summed E-state index contributed by atoms with van der Waals surface area (Å²) in [7, 11) is 0. The van der Waals surface area contributed by atoms with Gasteiger partial charge in [-0.2, -0.15) is 0 Å². The van der Waals surface area contributed by atoms with Gasteiger partial charge in [0.15, 0.2) is 0 Å². The Hall–Kier alpha value is -0.640. The highest BCUT2D eigenvalue weighted by molar-refractivity contribution is 7.80. The molecule has 0 unspecified atom stereocenters. The second kappa shape index (κ2) is 2.31. The lowest BCUT2D eigenvalue weighted by atomic mass is 10.2. The van der Waals surface area contributed by atoms with E-state index in [-0.39, 0.29) is 11.1 Å². The minimum atomic E-state index is 0.221. The molecule has 0 fully saturated rings. The quantitative estimate of drug-likeness (QED) is 0.601. The van der Waals surface area contributed by atoms with E-state index in [1.165, 1.54) is 0 Å². The highest BCUT2D eigenvalue weighted by atomic mass is 32.1. The van der Waals surface area contributed by atoms with Gasteiger partial charge in [0, 0.05) is 5.92 Å². The highest BCUT2D eigenvalue weighted by Gasteiger charge is 2.06.